The molecule has 3 aromatic rings. The van der Waals surface area contributed by atoms with Gasteiger partial charge in [-0.25, -0.2) is 4.98 Å². The maximum absolute atomic E-state index is 13.6. The predicted molar refractivity (Wildman–Crippen MR) is 156 cm³/mol. The molecule has 0 unspecified atom stereocenters. The van der Waals surface area contributed by atoms with Crippen LogP contribution >= 0.6 is 22.9 Å². The summed E-state index contributed by atoms with van der Waals surface area (Å²) in [6, 6.07) is 15.1. The fourth-order valence-electron chi connectivity index (χ4n) is 4.32. The number of amides is 1. The summed E-state index contributed by atoms with van der Waals surface area (Å²) in [6.45, 7) is 6.24. The Hall–Kier alpha value is -2.87. The number of hydrogen-bond acceptors (Lipinski definition) is 6. The summed E-state index contributed by atoms with van der Waals surface area (Å²) in [5.74, 6) is -0.707. The average molecular weight is 554 g/mol. The minimum atomic E-state index is -0.545. The van der Waals surface area contributed by atoms with Crippen molar-refractivity contribution in [3.8, 4) is 0 Å². The van der Waals surface area contributed by atoms with Crippen LogP contribution in [0.15, 0.2) is 60.7 Å². The van der Waals surface area contributed by atoms with Crippen LogP contribution in [-0.2, 0) is 27.2 Å². The van der Waals surface area contributed by atoms with Crippen LogP contribution in [-0.4, -0.2) is 54.0 Å². The van der Waals surface area contributed by atoms with Crippen molar-refractivity contribution >= 4 is 50.6 Å². The summed E-state index contributed by atoms with van der Waals surface area (Å²) < 4.78 is 0.951. The van der Waals surface area contributed by atoms with Crippen molar-refractivity contribution in [3.63, 3.8) is 0 Å². The van der Waals surface area contributed by atoms with E-state index < -0.39 is 5.92 Å². The van der Waals surface area contributed by atoms with Crippen LogP contribution in [0, 0.1) is 5.92 Å². The molecule has 0 aliphatic carbocycles. The molecule has 1 aromatic heterocycles. The summed E-state index contributed by atoms with van der Waals surface area (Å²) in [5.41, 5.74) is 2.46. The van der Waals surface area contributed by atoms with E-state index in [1.165, 1.54) is 11.3 Å². The van der Waals surface area contributed by atoms with Crippen LogP contribution in [0.1, 0.15) is 43.2 Å². The second kappa shape index (κ2) is 14.3. The molecular formula is C30H36ClN3O3S. The number of fused-ring (bicyclic) bond motifs is 1. The smallest absolute Gasteiger partial charge is 0.224 e. The highest BCUT2D eigenvalue weighted by Crippen LogP contribution is 2.28. The molecule has 0 saturated carbocycles. The van der Waals surface area contributed by atoms with Crippen LogP contribution in [0.4, 0.5) is 0 Å². The SMILES string of the molecule is C=C(CN(C)C)C(=O)CC[C@H](Cc1ccccc1)NC(=O)[C@@H](CC(=O)CC)Cc1nc2ccc(Cl)cc2s1. The second-order valence-corrected chi connectivity index (χ2v) is 11.5. The molecule has 0 bridgehead atoms. The Morgan fingerprint density at radius 2 is 1.84 bits per heavy atom. The quantitative estimate of drug-likeness (QED) is 0.245. The number of benzene rings is 2. The highest BCUT2D eigenvalue weighted by Gasteiger charge is 2.26. The Labute approximate surface area is 234 Å². The van der Waals surface area contributed by atoms with Gasteiger partial charge >= 0.3 is 0 Å². The fraction of sp³-hybridized carbons (Fsp3) is 0.400. The molecule has 0 spiro atoms. The fourth-order valence-corrected chi connectivity index (χ4v) is 5.64. The number of likely N-dealkylation sites (N-methyl/N-ethyl adjacent to an activating group) is 1. The second-order valence-electron chi connectivity index (χ2n) is 9.92. The lowest BCUT2D eigenvalue weighted by Gasteiger charge is -2.23. The third kappa shape index (κ3) is 9.15. The number of Topliss-reactive ketones (excluding diaryl/α,β-unsaturated/α-hetero) is 2. The van der Waals surface area contributed by atoms with Crippen LogP contribution in [0.5, 0.6) is 0 Å². The first kappa shape index (κ1) is 29.7. The Balaban J connectivity index is 1.76. The molecule has 1 N–H and O–H groups in total. The van der Waals surface area contributed by atoms with Gasteiger partial charge in [-0.1, -0.05) is 55.4 Å². The minimum absolute atomic E-state index is 0.00291. The Bertz CT molecular complexity index is 1270. The summed E-state index contributed by atoms with van der Waals surface area (Å²) >= 11 is 7.62. The van der Waals surface area contributed by atoms with Crippen molar-refractivity contribution in [2.45, 2.75) is 51.5 Å². The third-order valence-electron chi connectivity index (χ3n) is 6.35. The molecule has 0 radical (unpaired) electrons. The van der Waals surface area contributed by atoms with Crippen molar-refractivity contribution in [2.24, 2.45) is 5.92 Å². The molecule has 38 heavy (non-hydrogen) atoms. The number of thiazole rings is 1. The first-order valence-corrected chi connectivity index (χ1v) is 14.1. The standard InChI is InChI=1S/C30H36ClN3O3S/c1-5-25(35)16-22(17-29-33-26-13-11-23(31)18-28(26)38-29)30(37)32-24(15-21-9-7-6-8-10-21)12-14-27(36)20(2)19-34(3)4/h6-11,13,18,22,24H,2,5,12,14-17,19H2,1,3-4H3,(H,32,37)/t22-,24+/m0/s1. The molecular weight excluding hydrogens is 518 g/mol. The number of hydrogen-bond donors (Lipinski definition) is 1. The maximum atomic E-state index is 13.6. The molecule has 2 aromatic carbocycles. The highest BCUT2D eigenvalue weighted by atomic mass is 35.5. The van der Waals surface area contributed by atoms with Gasteiger partial charge in [-0.2, -0.15) is 0 Å². The lowest BCUT2D eigenvalue weighted by atomic mass is 9.94. The van der Waals surface area contributed by atoms with Crippen molar-refractivity contribution in [2.75, 3.05) is 20.6 Å². The summed E-state index contributed by atoms with van der Waals surface area (Å²) in [5, 5.41) is 4.59. The first-order chi connectivity index (χ1) is 18.1. The van der Waals surface area contributed by atoms with Crippen molar-refractivity contribution < 1.29 is 14.4 Å². The van der Waals surface area contributed by atoms with Gasteiger partial charge in [0.25, 0.3) is 0 Å². The summed E-state index contributed by atoms with van der Waals surface area (Å²) in [7, 11) is 3.79. The van der Waals surface area contributed by atoms with Gasteiger partial charge in [-0.05, 0) is 50.7 Å². The van der Waals surface area contributed by atoms with E-state index >= 15 is 0 Å². The molecule has 3 rings (SSSR count). The molecule has 0 fully saturated rings. The van der Waals surface area contributed by atoms with E-state index in [-0.39, 0.29) is 29.9 Å². The zero-order valence-electron chi connectivity index (χ0n) is 22.3. The van der Waals surface area contributed by atoms with E-state index in [1.807, 2.05) is 61.5 Å². The van der Waals surface area contributed by atoms with Gasteiger partial charge in [0.2, 0.25) is 5.91 Å². The monoisotopic (exact) mass is 553 g/mol. The van der Waals surface area contributed by atoms with Crippen LogP contribution in [0.25, 0.3) is 10.2 Å². The summed E-state index contributed by atoms with van der Waals surface area (Å²) in [4.78, 5) is 45.3. The number of rotatable bonds is 15. The van der Waals surface area contributed by atoms with E-state index in [1.54, 1.807) is 13.0 Å². The van der Waals surface area contributed by atoms with E-state index in [0.717, 1.165) is 20.8 Å². The lowest BCUT2D eigenvalue weighted by molar-refractivity contribution is -0.130. The van der Waals surface area contributed by atoms with Crippen molar-refractivity contribution in [1.82, 2.24) is 15.2 Å². The van der Waals surface area contributed by atoms with E-state index in [9.17, 15) is 14.4 Å². The number of carbonyl (C=O) groups is 3. The first-order valence-electron chi connectivity index (χ1n) is 12.9. The zero-order valence-corrected chi connectivity index (χ0v) is 23.9. The Kier molecular flexibility index (Phi) is 11.2. The van der Waals surface area contributed by atoms with Gasteiger partial charge in [0.05, 0.1) is 21.1 Å². The summed E-state index contributed by atoms with van der Waals surface area (Å²) in [6.07, 6.45) is 2.26. The van der Waals surface area contributed by atoms with E-state index in [4.69, 9.17) is 11.6 Å². The number of aromatic nitrogens is 1. The van der Waals surface area contributed by atoms with E-state index in [2.05, 4.69) is 16.9 Å². The van der Waals surface area contributed by atoms with Gasteiger partial charge in [0.1, 0.15) is 5.78 Å². The van der Waals surface area contributed by atoms with Gasteiger partial charge in [0, 0.05) is 48.9 Å². The molecule has 202 valence electrons. The van der Waals surface area contributed by atoms with Crippen LogP contribution < -0.4 is 5.32 Å². The Morgan fingerprint density at radius 3 is 2.53 bits per heavy atom. The highest BCUT2D eigenvalue weighted by molar-refractivity contribution is 7.18. The predicted octanol–water partition coefficient (Wildman–Crippen LogP) is 5.67. The topological polar surface area (TPSA) is 79.4 Å². The molecule has 1 amide bonds. The zero-order chi connectivity index (χ0) is 27.7. The molecule has 6 nitrogen and oxygen atoms in total. The van der Waals surface area contributed by atoms with Gasteiger partial charge in [0.15, 0.2) is 5.78 Å². The van der Waals surface area contributed by atoms with Gasteiger partial charge in [-0.15, -0.1) is 11.3 Å². The molecule has 0 aliphatic heterocycles. The maximum Gasteiger partial charge on any atom is 0.224 e. The van der Waals surface area contributed by atoms with Crippen LogP contribution in [0.2, 0.25) is 5.02 Å². The van der Waals surface area contributed by atoms with Gasteiger partial charge < -0.3 is 10.2 Å². The lowest BCUT2D eigenvalue weighted by Crippen LogP contribution is -2.41. The third-order valence-corrected chi connectivity index (χ3v) is 7.62. The average Bonchev–Trinajstić information content (AvgIpc) is 3.28. The number of halogens is 1. The minimum Gasteiger partial charge on any atom is -0.353 e. The number of nitrogens with zero attached hydrogens (tertiary/aromatic N) is 2. The largest absolute Gasteiger partial charge is 0.353 e. The van der Waals surface area contributed by atoms with Gasteiger partial charge in [-0.3, -0.25) is 14.4 Å². The van der Waals surface area contributed by atoms with Crippen molar-refractivity contribution in [1.29, 1.82) is 0 Å². The Morgan fingerprint density at radius 1 is 1.11 bits per heavy atom. The molecule has 2 atom stereocenters. The molecule has 8 heteroatoms. The molecule has 0 aliphatic rings. The van der Waals surface area contributed by atoms with E-state index in [0.29, 0.717) is 49.2 Å². The molecule has 0 saturated heterocycles. The molecule has 1 heterocycles. The normalized spacial score (nSPS) is 12.9. The van der Waals surface area contributed by atoms with Crippen LogP contribution in [0.3, 0.4) is 0 Å². The number of carbonyl (C=O) groups excluding carboxylic acids is 3. The number of nitrogens with one attached hydrogen (secondary N) is 1. The van der Waals surface area contributed by atoms with Crippen molar-refractivity contribution in [3.05, 3.63) is 76.3 Å². The number of ketones is 2.